The molecule has 1 aliphatic heterocycles. The summed E-state index contributed by atoms with van der Waals surface area (Å²) < 4.78 is 13.4. The molecule has 15 heavy (non-hydrogen) atoms. The molecule has 0 unspecified atom stereocenters. The van der Waals surface area contributed by atoms with Gasteiger partial charge in [-0.15, -0.1) is 0 Å². The van der Waals surface area contributed by atoms with Gasteiger partial charge >= 0.3 is 0 Å². The molecular weight excluding hydrogens is 195 g/mol. The normalized spacial score (nSPS) is 14.8. The van der Waals surface area contributed by atoms with Gasteiger partial charge in [-0.05, 0) is 18.6 Å². The minimum absolute atomic E-state index is 0.00468. The first-order valence-electron chi connectivity index (χ1n) is 5.06. The number of anilines is 2. The number of hydrogen-bond acceptors (Lipinski definition) is 2. The van der Waals surface area contributed by atoms with E-state index in [0.717, 1.165) is 6.42 Å². The molecule has 0 spiro atoms. The van der Waals surface area contributed by atoms with Crippen molar-refractivity contribution in [3.8, 4) is 0 Å². The Bertz CT molecular complexity index is 392. The van der Waals surface area contributed by atoms with Crippen molar-refractivity contribution in [2.45, 2.75) is 13.3 Å². The Kier molecular flexibility index (Phi) is 2.58. The number of fused-ring (bicyclic) bond motifs is 1. The van der Waals surface area contributed by atoms with Gasteiger partial charge in [-0.3, -0.25) is 4.79 Å². The fourth-order valence-corrected chi connectivity index (χ4v) is 1.78. The van der Waals surface area contributed by atoms with E-state index in [-0.39, 0.29) is 18.3 Å². The van der Waals surface area contributed by atoms with Gasteiger partial charge in [0.2, 0.25) is 5.91 Å². The van der Waals surface area contributed by atoms with Crippen molar-refractivity contribution in [3.63, 3.8) is 0 Å². The summed E-state index contributed by atoms with van der Waals surface area (Å²) in [5.74, 6) is -0.309. The first-order chi connectivity index (χ1) is 7.24. The number of carbonyl (C=O) groups excluding carboxylic acids is 1. The van der Waals surface area contributed by atoms with Crippen LogP contribution >= 0.6 is 0 Å². The van der Waals surface area contributed by atoms with E-state index in [1.807, 2.05) is 6.92 Å². The number of carbonyl (C=O) groups is 1. The van der Waals surface area contributed by atoms with Crippen LogP contribution in [0.5, 0.6) is 0 Å². The summed E-state index contributed by atoms with van der Waals surface area (Å²) in [6, 6.07) is 4.78. The summed E-state index contributed by atoms with van der Waals surface area (Å²) >= 11 is 0. The van der Waals surface area contributed by atoms with Crippen molar-refractivity contribution in [2.75, 3.05) is 23.3 Å². The molecule has 0 bridgehead atoms. The van der Waals surface area contributed by atoms with Crippen LogP contribution in [-0.4, -0.2) is 19.0 Å². The summed E-state index contributed by atoms with van der Waals surface area (Å²) in [5, 5.41) is 2.80. The molecular formula is C11H13FN2O. The van der Waals surface area contributed by atoms with Gasteiger partial charge in [0.1, 0.15) is 5.82 Å². The average Bonchev–Trinajstić information content (AvgIpc) is 2.23. The fraction of sp³-hybridized carbons (Fsp3) is 0.364. The van der Waals surface area contributed by atoms with Crippen molar-refractivity contribution < 1.29 is 9.18 Å². The highest BCUT2D eigenvalue weighted by Crippen LogP contribution is 2.31. The van der Waals surface area contributed by atoms with E-state index in [0.29, 0.717) is 17.9 Å². The van der Waals surface area contributed by atoms with Gasteiger partial charge in [0.05, 0.1) is 17.9 Å². The van der Waals surface area contributed by atoms with Crippen LogP contribution in [0.15, 0.2) is 18.2 Å². The smallest absolute Gasteiger partial charge is 0.246 e. The zero-order valence-corrected chi connectivity index (χ0v) is 8.59. The Morgan fingerprint density at radius 2 is 2.33 bits per heavy atom. The van der Waals surface area contributed by atoms with Gasteiger partial charge in [-0.1, -0.05) is 13.0 Å². The molecule has 0 aromatic heterocycles. The standard InChI is InChI=1S/C11H13FN2O/c1-2-6-14-9-5-3-4-8(12)11(9)13-7-10(14)15/h3-5,13H,2,6-7H2,1H3. The topological polar surface area (TPSA) is 32.3 Å². The van der Waals surface area contributed by atoms with Crippen molar-refractivity contribution in [1.82, 2.24) is 0 Å². The zero-order chi connectivity index (χ0) is 10.8. The number of nitrogens with one attached hydrogen (secondary N) is 1. The van der Waals surface area contributed by atoms with Crippen molar-refractivity contribution in [1.29, 1.82) is 0 Å². The molecule has 3 nitrogen and oxygen atoms in total. The summed E-state index contributed by atoms with van der Waals surface area (Å²) in [7, 11) is 0. The third-order valence-electron chi connectivity index (χ3n) is 2.45. The minimum Gasteiger partial charge on any atom is -0.372 e. The lowest BCUT2D eigenvalue weighted by Crippen LogP contribution is -2.40. The van der Waals surface area contributed by atoms with E-state index in [2.05, 4.69) is 5.32 Å². The molecule has 0 fully saturated rings. The summed E-state index contributed by atoms with van der Waals surface area (Å²) in [4.78, 5) is 13.2. The molecule has 1 N–H and O–H groups in total. The summed E-state index contributed by atoms with van der Waals surface area (Å²) in [6.07, 6.45) is 0.863. The molecule has 1 aliphatic rings. The number of halogens is 1. The van der Waals surface area contributed by atoms with Crippen LogP contribution in [0.3, 0.4) is 0 Å². The predicted molar refractivity (Wildman–Crippen MR) is 57.5 cm³/mol. The Labute approximate surface area is 87.9 Å². The third-order valence-corrected chi connectivity index (χ3v) is 2.45. The van der Waals surface area contributed by atoms with Crippen LogP contribution in [0, 0.1) is 5.82 Å². The van der Waals surface area contributed by atoms with E-state index in [1.54, 1.807) is 17.0 Å². The molecule has 0 aliphatic carbocycles. The maximum atomic E-state index is 13.4. The number of para-hydroxylation sites is 1. The molecule has 0 saturated carbocycles. The van der Waals surface area contributed by atoms with E-state index in [9.17, 15) is 9.18 Å². The Hall–Kier alpha value is -1.58. The van der Waals surface area contributed by atoms with E-state index in [1.165, 1.54) is 6.07 Å². The molecule has 0 saturated heterocycles. The molecule has 80 valence electrons. The monoisotopic (exact) mass is 208 g/mol. The third kappa shape index (κ3) is 1.67. The van der Waals surface area contributed by atoms with Gasteiger partial charge in [0.15, 0.2) is 0 Å². The molecule has 1 aromatic rings. The molecule has 4 heteroatoms. The second-order valence-electron chi connectivity index (χ2n) is 3.53. The van der Waals surface area contributed by atoms with Crippen LogP contribution in [0.1, 0.15) is 13.3 Å². The highest BCUT2D eigenvalue weighted by atomic mass is 19.1. The molecule has 2 rings (SSSR count). The van der Waals surface area contributed by atoms with Gasteiger partial charge in [0.25, 0.3) is 0 Å². The number of hydrogen-bond donors (Lipinski definition) is 1. The SMILES string of the molecule is CCCN1C(=O)CNc2c(F)cccc21. The highest BCUT2D eigenvalue weighted by Gasteiger charge is 2.24. The first-order valence-corrected chi connectivity index (χ1v) is 5.06. The first kappa shape index (κ1) is 9.96. The number of rotatable bonds is 2. The fourth-order valence-electron chi connectivity index (χ4n) is 1.78. The number of nitrogens with zero attached hydrogens (tertiary/aromatic N) is 1. The second-order valence-corrected chi connectivity index (χ2v) is 3.53. The number of amides is 1. The van der Waals surface area contributed by atoms with Crippen LogP contribution in [0.4, 0.5) is 15.8 Å². The maximum Gasteiger partial charge on any atom is 0.246 e. The molecule has 1 aromatic carbocycles. The van der Waals surface area contributed by atoms with Crippen molar-refractivity contribution in [3.05, 3.63) is 24.0 Å². The van der Waals surface area contributed by atoms with Crippen LogP contribution in [-0.2, 0) is 4.79 Å². The molecule has 0 atom stereocenters. The Morgan fingerprint density at radius 1 is 1.53 bits per heavy atom. The van der Waals surface area contributed by atoms with Gasteiger partial charge in [-0.2, -0.15) is 0 Å². The number of benzene rings is 1. The second kappa shape index (κ2) is 3.88. The lowest BCUT2D eigenvalue weighted by atomic mass is 10.1. The quantitative estimate of drug-likeness (QED) is 0.806. The highest BCUT2D eigenvalue weighted by molar-refractivity contribution is 6.02. The van der Waals surface area contributed by atoms with Crippen LogP contribution < -0.4 is 10.2 Å². The lowest BCUT2D eigenvalue weighted by molar-refractivity contribution is -0.117. The lowest BCUT2D eigenvalue weighted by Gasteiger charge is -2.30. The van der Waals surface area contributed by atoms with E-state index in [4.69, 9.17) is 0 Å². The molecule has 1 amide bonds. The maximum absolute atomic E-state index is 13.4. The largest absolute Gasteiger partial charge is 0.372 e. The minimum atomic E-state index is -0.305. The van der Waals surface area contributed by atoms with Crippen molar-refractivity contribution in [2.24, 2.45) is 0 Å². The Morgan fingerprint density at radius 3 is 3.07 bits per heavy atom. The van der Waals surface area contributed by atoms with Crippen molar-refractivity contribution >= 4 is 17.3 Å². The summed E-state index contributed by atoms with van der Waals surface area (Å²) in [5.41, 5.74) is 1.08. The van der Waals surface area contributed by atoms with Crippen LogP contribution in [0.2, 0.25) is 0 Å². The van der Waals surface area contributed by atoms with Gasteiger partial charge < -0.3 is 10.2 Å². The van der Waals surface area contributed by atoms with Gasteiger partial charge in [-0.25, -0.2) is 4.39 Å². The van der Waals surface area contributed by atoms with E-state index >= 15 is 0 Å². The summed E-state index contributed by atoms with van der Waals surface area (Å²) in [6.45, 7) is 2.80. The van der Waals surface area contributed by atoms with Crippen LogP contribution in [0.25, 0.3) is 0 Å². The average molecular weight is 208 g/mol. The Balaban J connectivity index is 2.43. The van der Waals surface area contributed by atoms with E-state index < -0.39 is 0 Å². The molecule has 1 heterocycles. The predicted octanol–water partition coefficient (Wildman–Crippen LogP) is 1.99. The van der Waals surface area contributed by atoms with Gasteiger partial charge in [0, 0.05) is 6.54 Å². The molecule has 0 radical (unpaired) electrons. The zero-order valence-electron chi connectivity index (χ0n) is 8.59.